The van der Waals surface area contributed by atoms with E-state index in [1.165, 1.54) is 51.9 Å². The first kappa shape index (κ1) is 30.6. The number of amidine groups is 1. The Bertz CT molecular complexity index is 1700. The van der Waals surface area contributed by atoms with Gasteiger partial charge in [-0.15, -0.1) is 18.3 Å². The molecule has 14 heteroatoms. The molecule has 1 fully saturated rings. The van der Waals surface area contributed by atoms with Gasteiger partial charge in [-0.25, -0.2) is 14.5 Å². The lowest BCUT2D eigenvalue weighted by atomic mass is 9.99. The minimum absolute atomic E-state index is 0.146. The van der Waals surface area contributed by atoms with Crippen LogP contribution in [0.2, 0.25) is 0 Å². The molecular formula is C30H28F3N7O3S. The number of halogens is 3. The number of nitrogens with one attached hydrogen (secondary N) is 1. The molecule has 2 heterocycles. The van der Waals surface area contributed by atoms with E-state index in [2.05, 4.69) is 25.1 Å². The van der Waals surface area contributed by atoms with Gasteiger partial charge in [0.25, 0.3) is 0 Å². The van der Waals surface area contributed by atoms with Crippen molar-refractivity contribution in [2.45, 2.75) is 26.1 Å². The van der Waals surface area contributed by atoms with Gasteiger partial charge in [0.05, 0.1) is 17.1 Å². The number of anilines is 3. The number of ether oxygens (including phenoxy) is 1. The van der Waals surface area contributed by atoms with Crippen LogP contribution in [0.25, 0.3) is 17.1 Å². The summed E-state index contributed by atoms with van der Waals surface area (Å²) in [5.74, 6) is 0.139. The Hall–Kier alpha value is -4.85. The maximum absolute atomic E-state index is 12.9. The Morgan fingerprint density at radius 1 is 1.07 bits per heavy atom. The first-order valence-electron chi connectivity index (χ1n) is 13.4. The first-order valence-corrected chi connectivity index (χ1v) is 14.4. The zero-order valence-corrected chi connectivity index (χ0v) is 25.0. The highest BCUT2D eigenvalue weighted by Gasteiger charge is 2.33. The minimum Gasteiger partial charge on any atom is -0.406 e. The molecule has 1 aromatic heterocycles. The number of rotatable bonds is 7. The highest BCUT2D eigenvalue weighted by Crippen LogP contribution is 2.36. The van der Waals surface area contributed by atoms with Crippen molar-refractivity contribution in [3.05, 3.63) is 78.6 Å². The van der Waals surface area contributed by atoms with Gasteiger partial charge < -0.3 is 15.0 Å². The lowest BCUT2D eigenvalue weighted by Gasteiger charge is -2.24. The quantitative estimate of drug-likeness (QED) is 0.245. The molecule has 1 saturated heterocycles. The highest BCUT2D eigenvalue weighted by atomic mass is 32.2. The van der Waals surface area contributed by atoms with Crippen molar-refractivity contribution in [1.82, 2.24) is 14.8 Å². The molecule has 4 aromatic rings. The Kier molecular flexibility index (Phi) is 8.63. The fraction of sp³-hybridized carbons (Fsp3) is 0.233. The first-order chi connectivity index (χ1) is 20.9. The number of nitrogens with zero attached hydrogens (tertiary/aromatic N) is 6. The summed E-state index contributed by atoms with van der Waals surface area (Å²) in [7, 11) is 3.84. The van der Waals surface area contributed by atoms with Crippen LogP contribution in [0.3, 0.4) is 0 Å². The highest BCUT2D eigenvalue weighted by molar-refractivity contribution is 8.15. The van der Waals surface area contributed by atoms with Crippen molar-refractivity contribution in [3.8, 4) is 22.8 Å². The van der Waals surface area contributed by atoms with E-state index in [4.69, 9.17) is 0 Å². The second-order valence-electron chi connectivity index (χ2n) is 10.3. The number of aliphatic imine (C=N–C) groups is 1. The molecule has 1 aliphatic heterocycles. The van der Waals surface area contributed by atoms with Gasteiger partial charge in [-0.3, -0.25) is 9.69 Å². The number of carbonyl (C=O) groups is 2. The van der Waals surface area contributed by atoms with E-state index < -0.39 is 12.4 Å². The molecule has 44 heavy (non-hydrogen) atoms. The van der Waals surface area contributed by atoms with E-state index >= 15 is 0 Å². The molecule has 0 aliphatic carbocycles. The predicted molar refractivity (Wildman–Crippen MR) is 165 cm³/mol. The van der Waals surface area contributed by atoms with Crippen LogP contribution < -0.4 is 19.9 Å². The molecule has 3 aromatic carbocycles. The molecular weight excluding hydrogens is 595 g/mol. The van der Waals surface area contributed by atoms with Gasteiger partial charge in [-0.05, 0) is 72.1 Å². The number of benzene rings is 3. The molecule has 1 aliphatic rings. The van der Waals surface area contributed by atoms with Crippen molar-refractivity contribution in [1.29, 1.82) is 0 Å². The minimum atomic E-state index is -4.77. The molecule has 10 nitrogen and oxygen atoms in total. The molecule has 3 amide bonds. The zero-order valence-electron chi connectivity index (χ0n) is 24.2. The van der Waals surface area contributed by atoms with Gasteiger partial charge in [0.1, 0.15) is 12.1 Å². The van der Waals surface area contributed by atoms with Gasteiger partial charge in [0.2, 0.25) is 5.91 Å². The SMILES string of the molecule is CC(C)c1ccc(N(C)C)cc1N1C(=O)CSC1=NC(=O)Nc1ccc(-n2cnc(-c3ccc(OC(F)(F)F)cc3)n2)cc1. The van der Waals surface area contributed by atoms with Crippen molar-refractivity contribution >= 4 is 45.9 Å². The van der Waals surface area contributed by atoms with Crippen molar-refractivity contribution < 1.29 is 27.5 Å². The summed E-state index contributed by atoms with van der Waals surface area (Å²) in [5, 5.41) is 7.42. The van der Waals surface area contributed by atoms with E-state index in [-0.39, 0.29) is 23.3 Å². The van der Waals surface area contributed by atoms with Crippen LogP contribution in [0, 0.1) is 0 Å². The van der Waals surface area contributed by atoms with Gasteiger partial charge in [-0.2, -0.15) is 4.99 Å². The largest absolute Gasteiger partial charge is 0.573 e. The summed E-state index contributed by atoms with van der Waals surface area (Å²) >= 11 is 1.21. The summed E-state index contributed by atoms with van der Waals surface area (Å²) in [6.07, 6.45) is -3.31. The van der Waals surface area contributed by atoms with Gasteiger partial charge >= 0.3 is 12.4 Å². The van der Waals surface area contributed by atoms with Crippen LogP contribution in [-0.4, -0.2) is 58.1 Å². The standard InChI is InChI=1S/C30H28F3N7O3S/c1-18(2)24-14-11-22(38(3)4)15-25(24)40-26(41)16-44-29(40)36-28(42)35-20-7-9-21(10-8-20)39-17-34-27(37-39)19-5-12-23(13-6-19)43-30(31,32)33/h5-15,17-18H,16H2,1-4H3,(H,35,42). The molecule has 1 N–H and O–H groups in total. The van der Waals surface area contributed by atoms with Crippen LogP contribution >= 0.6 is 11.8 Å². The number of alkyl halides is 3. The van der Waals surface area contributed by atoms with Crippen LogP contribution in [0.1, 0.15) is 25.3 Å². The second kappa shape index (κ2) is 12.4. The fourth-order valence-corrected chi connectivity index (χ4v) is 5.29. The summed E-state index contributed by atoms with van der Waals surface area (Å²) < 4.78 is 42.6. The van der Waals surface area contributed by atoms with E-state index in [1.807, 2.05) is 51.0 Å². The number of carbonyl (C=O) groups excluding carboxylic acids is 2. The number of hydrogen-bond acceptors (Lipinski definition) is 7. The summed E-state index contributed by atoms with van der Waals surface area (Å²) in [6, 6.07) is 17.3. The van der Waals surface area contributed by atoms with Gasteiger partial charge in [0, 0.05) is 31.0 Å². The van der Waals surface area contributed by atoms with Crippen molar-refractivity contribution in [3.63, 3.8) is 0 Å². The van der Waals surface area contributed by atoms with E-state index in [9.17, 15) is 22.8 Å². The Morgan fingerprint density at radius 3 is 2.41 bits per heavy atom. The average Bonchev–Trinajstić information content (AvgIpc) is 3.59. The third kappa shape index (κ3) is 7.02. The summed E-state index contributed by atoms with van der Waals surface area (Å²) in [4.78, 5) is 37.7. The average molecular weight is 624 g/mol. The zero-order chi connectivity index (χ0) is 31.6. The molecule has 0 radical (unpaired) electrons. The maximum Gasteiger partial charge on any atom is 0.573 e. The predicted octanol–water partition coefficient (Wildman–Crippen LogP) is 6.69. The number of thioether (sulfide) groups is 1. The molecule has 0 spiro atoms. The molecule has 0 atom stereocenters. The van der Waals surface area contributed by atoms with Crippen LogP contribution in [0.15, 0.2) is 78.0 Å². The third-order valence-electron chi connectivity index (χ3n) is 6.58. The Labute approximate surface area is 255 Å². The van der Waals surface area contributed by atoms with Crippen LogP contribution in [0.4, 0.5) is 35.0 Å². The lowest BCUT2D eigenvalue weighted by Crippen LogP contribution is -2.31. The number of hydrogen-bond donors (Lipinski definition) is 1. The van der Waals surface area contributed by atoms with Gasteiger partial charge in [-0.1, -0.05) is 31.7 Å². The normalized spacial score (nSPS) is 14.4. The summed E-state index contributed by atoms with van der Waals surface area (Å²) in [6.45, 7) is 4.09. The summed E-state index contributed by atoms with van der Waals surface area (Å²) in [5.41, 5.74) is 4.21. The van der Waals surface area contributed by atoms with Crippen molar-refractivity contribution in [2.75, 3.05) is 35.0 Å². The maximum atomic E-state index is 12.9. The monoisotopic (exact) mass is 623 g/mol. The topological polar surface area (TPSA) is 105 Å². The van der Waals surface area contributed by atoms with E-state index in [0.717, 1.165) is 11.3 Å². The fourth-order valence-electron chi connectivity index (χ4n) is 4.44. The second-order valence-corrected chi connectivity index (χ2v) is 11.2. The number of amides is 3. The van der Waals surface area contributed by atoms with Crippen LogP contribution in [0.5, 0.6) is 5.75 Å². The molecule has 0 bridgehead atoms. The molecule has 228 valence electrons. The molecule has 0 saturated carbocycles. The van der Waals surface area contributed by atoms with E-state index in [0.29, 0.717) is 33.6 Å². The molecule has 0 unspecified atom stereocenters. The van der Waals surface area contributed by atoms with Crippen LogP contribution in [-0.2, 0) is 4.79 Å². The Morgan fingerprint density at radius 2 is 1.77 bits per heavy atom. The molecule has 5 rings (SSSR count). The smallest absolute Gasteiger partial charge is 0.406 e. The van der Waals surface area contributed by atoms with Gasteiger partial charge in [0.15, 0.2) is 11.0 Å². The van der Waals surface area contributed by atoms with Crippen molar-refractivity contribution in [2.24, 2.45) is 4.99 Å². The third-order valence-corrected chi connectivity index (χ3v) is 7.50. The lowest BCUT2D eigenvalue weighted by molar-refractivity contribution is -0.274. The Balaban J connectivity index is 1.29. The number of aromatic nitrogens is 3. The van der Waals surface area contributed by atoms with E-state index in [1.54, 1.807) is 24.3 Å². The number of urea groups is 1.